The number of benzene rings is 1. The van der Waals surface area contributed by atoms with Crippen molar-refractivity contribution in [2.45, 2.75) is 43.2 Å². The predicted octanol–water partition coefficient (Wildman–Crippen LogP) is 4.16. The van der Waals surface area contributed by atoms with E-state index in [0.717, 1.165) is 37.8 Å². The monoisotopic (exact) mass is 376 g/mol. The van der Waals surface area contributed by atoms with Crippen LogP contribution in [0.5, 0.6) is 0 Å². The summed E-state index contributed by atoms with van der Waals surface area (Å²) in [5.41, 5.74) is -1.73. The Balaban J connectivity index is 2.48. The van der Waals surface area contributed by atoms with Gasteiger partial charge in [0.1, 0.15) is 0 Å². The molecular formula is C17H19F3O4S. The van der Waals surface area contributed by atoms with Gasteiger partial charge < -0.3 is 5.11 Å². The van der Waals surface area contributed by atoms with Crippen LogP contribution in [0.3, 0.4) is 0 Å². The molecule has 1 aromatic rings. The molecule has 0 atom stereocenters. The Morgan fingerprint density at radius 1 is 1.28 bits per heavy atom. The van der Waals surface area contributed by atoms with E-state index >= 15 is 0 Å². The molecule has 8 heteroatoms. The Morgan fingerprint density at radius 2 is 1.88 bits per heavy atom. The van der Waals surface area contributed by atoms with E-state index in [2.05, 4.69) is 0 Å². The average Bonchev–Trinajstić information content (AvgIpc) is 2.98. The number of carboxylic acids is 1. The maximum Gasteiger partial charge on any atom is 0.417 e. The van der Waals surface area contributed by atoms with Gasteiger partial charge in [0.05, 0.1) is 16.0 Å². The van der Waals surface area contributed by atoms with Crippen molar-refractivity contribution in [1.82, 2.24) is 0 Å². The Bertz CT molecular complexity index is 789. The molecular weight excluding hydrogens is 357 g/mol. The fraction of sp³-hybridized carbons (Fsp3) is 0.471. The first-order valence-electron chi connectivity index (χ1n) is 7.85. The standard InChI is InChI=1S/C17H19F3O4S/c1-25(23,24)15-9-7-12(10-14(15)17(18,19)20)13(16(21)22)8-6-11-4-2-3-5-11/h7-11H,2-6H2,1H3,(H,21,22)/b13-8+. The summed E-state index contributed by atoms with van der Waals surface area (Å²) in [6.07, 6.45) is 1.80. The van der Waals surface area contributed by atoms with Gasteiger partial charge in [0.2, 0.25) is 0 Å². The molecule has 1 fully saturated rings. The first-order chi connectivity index (χ1) is 11.5. The quantitative estimate of drug-likeness (QED) is 0.784. The molecule has 0 saturated heterocycles. The van der Waals surface area contributed by atoms with Gasteiger partial charge in [-0.3, -0.25) is 0 Å². The molecule has 0 aromatic heterocycles. The van der Waals surface area contributed by atoms with Crippen LogP contribution in [0.15, 0.2) is 29.2 Å². The van der Waals surface area contributed by atoms with Crippen LogP contribution in [-0.4, -0.2) is 25.7 Å². The first-order valence-corrected chi connectivity index (χ1v) is 9.74. The zero-order valence-electron chi connectivity index (χ0n) is 13.6. The van der Waals surface area contributed by atoms with Crippen molar-refractivity contribution in [3.05, 3.63) is 35.4 Å². The summed E-state index contributed by atoms with van der Waals surface area (Å²) in [6.45, 7) is 0. The van der Waals surface area contributed by atoms with E-state index in [1.807, 2.05) is 0 Å². The van der Waals surface area contributed by atoms with Crippen LogP contribution in [-0.2, 0) is 20.8 Å². The Hall–Kier alpha value is -1.83. The average molecular weight is 376 g/mol. The number of alkyl halides is 3. The molecule has 1 aromatic carbocycles. The number of sulfone groups is 1. The van der Waals surface area contributed by atoms with Crippen LogP contribution >= 0.6 is 0 Å². The number of aliphatic carboxylic acids is 1. The summed E-state index contributed by atoms with van der Waals surface area (Å²) in [5, 5.41) is 9.36. The van der Waals surface area contributed by atoms with Crippen LogP contribution in [0.25, 0.3) is 5.57 Å². The largest absolute Gasteiger partial charge is 0.478 e. The lowest BCUT2D eigenvalue weighted by atomic mass is 9.97. The molecule has 1 N–H and O–H groups in total. The van der Waals surface area contributed by atoms with Gasteiger partial charge in [-0.25, -0.2) is 13.2 Å². The van der Waals surface area contributed by atoms with Gasteiger partial charge in [0.15, 0.2) is 9.84 Å². The number of rotatable bonds is 5. The molecule has 138 valence electrons. The lowest BCUT2D eigenvalue weighted by Gasteiger charge is -2.14. The summed E-state index contributed by atoms with van der Waals surface area (Å²) in [6, 6.07) is 2.53. The highest BCUT2D eigenvalue weighted by Gasteiger charge is 2.36. The van der Waals surface area contributed by atoms with Crippen molar-refractivity contribution in [3.63, 3.8) is 0 Å². The fourth-order valence-electron chi connectivity index (χ4n) is 3.10. The minimum absolute atomic E-state index is 0.148. The minimum atomic E-state index is -4.90. The van der Waals surface area contributed by atoms with Gasteiger partial charge in [-0.05, 0) is 30.0 Å². The number of allylic oxidation sites excluding steroid dienone is 1. The van der Waals surface area contributed by atoms with Crippen molar-refractivity contribution < 1.29 is 31.5 Å². The van der Waals surface area contributed by atoms with E-state index in [0.29, 0.717) is 24.7 Å². The third-order valence-corrected chi connectivity index (χ3v) is 5.51. The molecule has 0 spiro atoms. The van der Waals surface area contributed by atoms with E-state index in [4.69, 9.17) is 0 Å². The molecule has 1 aliphatic carbocycles. The van der Waals surface area contributed by atoms with E-state index in [1.165, 1.54) is 6.08 Å². The van der Waals surface area contributed by atoms with Crippen LogP contribution in [0.4, 0.5) is 13.2 Å². The lowest BCUT2D eigenvalue weighted by Crippen LogP contribution is -2.13. The lowest BCUT2D eigenvalue weighted by molar-refractivity contribution is -0.140. The summed E-state index contributed by atoms with van der Waals surface area (Å²) < 4.78 is 62.8. The molecule has 0 radical (unpaired) electrons. The Kier molecular flexibility index (Phi) is 5.61. The molecule has 2 rings (SSSR count). The van der Waals surface area contributed by atoms with Crippen molar-refractivity contribution in [3.8, 4) is 0 Å². The highest BCUT2D eigenvalue weighted by atomic mass is 32.2. The molecule has 0 heterocycles. The van der Waals surface area contributed by atoms with Crippen molar-refractivity contribution in [2.24, 2.45) is 5.92 Å². The van der Waals surface area contributed by atoms with Gasteiger partial charge in [0, 0.05) is 6.26 Å². The highest BCUT2D eigenvalue weighted by Crippen LogP contribution is 2.36. The second-order valence-corrected chi connectivity index (χ2v) is 8.27. The fourth-order valence-corrected chi connectivity index (χ4v) is 3.99. The molecule has 1 aliphatic rings. The third kappa shape index (κ3) is 4.84. The summed E-state index contributed by atoms with van der Waals surface area (Å²) in [5.74, 6) is -0.995. The Labute approximate surface area is 144 Å². The van der Waals surface area contributed by atoms with Gasteiger partial charge in [0.25, 0.3) is 0 Å². The topological polar surface area (TPSA) is 71.4 Å². The van der Waals surface area contributed by atoms with Gasteiger partial charge in [-0.15, -0.1) is 0 Å². The normalized spacial score (nSPS) is 17.0. The highest BCUT2D eigenvalue weighted by molar-refractivity contribution is 7.90. The molecule has 0 bridgehead atoms. The number of hydrogen-bond donors (Lipinski definition) is 1. The smallest absolute Gasteiger partial charge is 0.417 e. The minimum Gasteiger partial charge on any atom is -0.478 e. The Morgan fingerprint density at radius 3 is 2.36 bits per heavy atom. The van der Waals surface area contributed by atoms with Crippen molar-refractivity contribution in [2.75, 3.05) is 6.26 Å². The van der Waals surface area contributed by atoms with E-state index in [-0.39, 0.29) is 11.1 Å². The number of halogens is 3. The van der Waals surface area contributed by atoms with E-state index in [9.17, 15) is 31.5 Å². The molecule has 25 heavy (non-hydrogen) atoms. The zero-order valence-corrected chi connectivity index (χ0v) is 14.5. The second kappa shape index (κ2) is 7.19. The number of carboxylic acid groups (broad SMARTS) is 1. The molecule has 4 nitrogen and oxygen atoms in total. The van der Waals surface area contributed by atoms with Crippen LogP contribution < -0.4 is 0 Å². The van der Waals surface area contributed by atoms with Crippen molar-refractivity contribution >= 4 is 21.4 Å². The van der Waals surface area contributed by atoms with Gasteiger partial charge in [-0.1, -0.05) is 37.8 Å². The third-order valence-electron chi connectivity index (χ3n) is 4.36. The molecule has 1 saturated carbocycles. The molecule has 0 amide bonds. The number of carbonyl (C=O) groups is 1. The predicted molar refractivity (Wildman–Crippen MR) is 86.7 cm³/mol. The van der Waals surface area contributed by atoms with E-state index < -0.39 is 32.4 Å². The SMILES string of the molecule is CS(=O)(=O)c1ccc(/C(=C\CC2CCCC2)C(=O)O)cc1C(F)(F)F. The number of hydrogen-bond acceptors (Lipinski definition) is 3. The van der Waals surface area contributed by atoms with Crippen LogP contribution in [0.1, 0.15) is 43.2 Å². The second-order valence-electron chi connectivity index (χ2n) is 6.29. The first kappa shape index (κ1) is 19.5. The van der Waals surface area contributed by atoms with Crippen LogP contribution in [0.2, 0.25) is 0 Å². The van der Waals surface area contributed by atoms with Crippen LogP contribution in [0, 0.1) is 5.92 Å². The maximum atomic E-state index is 13.2. The maximum absolute atomic E-state index is 13.2. The summed E-state index contributed by atoms with van der Waals surface area (Å²) in [4.78, 5) is 10.6. The van der Waals surface area contributed by atoms with Crippen molar-refractivity contribution in [1.29, 1.82) is 0 Å². The molecule has 0 aliphatic heterocycles. The van der Waals surface area contributed by atoms with E-state index in [1.54, 1.807) is 0 Å². The summed E-state index contributed by atoms with van der Waals surface area (Å²) >= 11 is 0. The van der Waals surface area contributed by atoms with Gasteiger partial charge in [-0.2, -0.15) is 13.2 Å². The van der Waals surface area contributed by atoms with Gasteiger partial charge >= 0.3 is 12.1 Å². The molecule has 0 unspecified atom stereocenters. The zero-order chi connectivity index (χ0) is 18.8. The summed E-state index contributed by atoms with van der Waals surface area (Å²) in [7, 11) is -4.09.